The second kappa shape index (κ2) is 2.95. The highest BCUT2D eigenvalue weighted by molar-refractivity contribution is 7.90. The Hall–Kier alpha value is -0.620. The zero-order chi connectivity index (χ0) is 10.3. The first-order chi connectivity index (χ1) is 5.77. The topological polar surface area (TPSA) is 97.5 Å². The van der Waals surface area contributed by atoms with E-state index >= 15 is 0 Å². The molecule has 0 heterocycles. The average Bonchev–Trinajstić information content (AvgIpc) is 2.64. The third-order valence-electron chi connectivity index (χ3n) is 2.37. The predicted octanol–water partition coefficient (Wildman–Crippen LogP) is -0.777. The molecular weight excluding hydrogens is 194 g/mol. The van der Waals surface area contributed by atoms with Crippen LogP contribution in [0, 0.1) is 5.41 Å². The number of aliphatic carboxylic acids is 1. The quantitative estimate of drug-likeness (QED) is 0.630. The molecule has 3 N–H and O–H groups in total. The van der Waals surface area contributed by atoms with Crippen LogP contribution in [0.15, 0.2) is 0 Å². The molecule has 0 aromatic rings. The minimum absolute atomic E-state index is 0.118. The summed E-state index contributed by atoms with van der Waals surface area (Å²) in [4.78, 5) is 10.6. The van der Waals surface area contributed by atoms with E-state index < -0.39 is 27.3 Å². The number of hydrogen-bond acceptors (Lipinski definition) is 4. The van der Waals surface area contributed by atoms with Crippen molar-refractivity contribution in [3.63, 3.8) is 0 Å². The van der Waals surface area contributed by atoms with E-state index in [4.69, 9.17) is 10.8 Å². The summed E-state index contributed by atoms with van der Waals surface area (Å²) in [6, 6.07) is -1.05. The first kappa shape index (κ1) is 10.5. The third kappa shape index (κ3) is 2.41. The van der Waals surface area contributed by atoms with Gasteiger partial charge in [-0.25, -0.2) is 8.42 Å². The fourth-order valence-electron chi connectivity index (χ4n) is 1.49. The summed E-state index contributed by atoms with van der Waals surface area (Å²) in [6.45, 7) is 0. The normalized spacial score (nSPS) is 22.3. The summed E-state index contributed by atoms with van der Waals surface area (Å²) in [5, 5.41) is 8.63. The molecule has 0 spiro atoms. The first-order valence-electron chi connectivity index (χ1n) is 3.93. The molecule has 0 aliphatic heterocycles. The lowest BCUT2D eigenvalue weighted by Gasteiger charge is -2.17. The zero-order valence-corrected chi connectivity index (χ0v) is 8.17. The average molecular weight is 207 g/mol. The highest BCUT2D eigenvalue weighted by atomic mass is 32.2. The van der Waals surface area contributed by atoms with Crippen LogP contribution < -0.4 is 5.73 Å². The number of nitrogens with two attached hydrogens (primary N) is 1. The molecule has 1 rings (SSSR count). The Morgan fingerprint density at radius 1 is 1.62 bits per heavy atom. The molecule has 1 unspecified atom stereocenters. The van der Waals surface area contributed by atoms with Gasteiger partial charge >= 0.3 is 5.97 Å². The molecule has 0 bridgehead atoms. The van der Waals surface area contributed by atoms with E-state index in [0.717, 1.165) is 6.26 Å². The van der Waals surface area contributed by atoms with Crippen LogP contribution in [0.3, 0.4) is 0 Å². The van der Waals surface area contributed by atoms with Crippen molar-refractivity contribution in [2.75, 3.05) is 12.0 Å². The van der Waals surface area contributed by atoms with Gasteiger partial charge in [0.05, 0.1) is 5.75 Å². The van der Waals surface area contributed by atoms with Gasteiger partial charge in [-0.3, -0.25) is 4.79 Å². The lowest BCUT2D eigenvalue weighted by Crippen LogP contribution is -2.42. The number of carboxylic acid groups (broad SMARTS) is 1. The van der Waals surface area contributed by atoms with Crippen molar-refractivity contribution < 1.29 is 18.3 Å². The van der Waals surface area contributed by atoms with Crippen LogP contribution in [0.25, 0.3) is 0 Å². The summed E-state index contributed by atoms with van der Waals surface area (Å²) < 4.78 is 21.9. The van der Waals surface area contributed by atoms with Crippen LogP contribution in [0.1, 0.15) is 12.8 Å². The SMILES string of the molecule is CS(=O)(=O)CC1(C(N)C(=O)O)CC1. The summed E-state index contributed by atoms with van der Waals surface area (Å²) >= 11 is 0. The van der Waals surface area contributed by atoms with Gasteiger partial charge in [-0.2, -0.15) is 0 Å². The van der Waals surface area contributed by atoms with Crippen LogP contribution >= 0.6 is 0 Å². The van der Waals surface area contributed by atoms with Gasteiger partial charge in [0, 0.05) is 11.7 Å². The van der Waals surface area contributed by atoms with Gasteiger partial charge in [-0.1, -0.05) is 0 Å². The Bertz CT molecular complexity index is 317. The van der Waals surface area contributed by atoms with Gasteiger partial charge in [0.2, 0.25) is 0 Å². The first-order valence-corrected chi connectivity index (χ1v) is 5.99. The Labute approximate surface area is 76.8 Å². The number of rotatable bonds is 4. The number of hydrogen-bond donors (Lipinski definition) is 2. The fraction of sp³-hybridized carbons (Fsp3) is 0.857. The third-order valence-corrected chi connectivity index (χ3v) is 3.47. The molecule has 1 aliphatic carbocycles. The lowest BCUT2D eigenvalue weighted by atomic mass is 10.0. The van der Waals surface area contributed by atoms with E-state index in [0.29, 0.717) is 12.8 Å². The summed E-state index contributed by atoms with van der Waals surface area (Å²) in [7, 11) is -3.14. The van der Waals surface area contributed by atoms with Gasteiger partial charge in [0.1, 0.15) is 15.9 Å². The molecule has 0 aromatic carbocycles. The largest absolute Gasteiger partial charge is 0.480 e. The summed E-state index contributed by atoms with van der Waals surface area (Å²) in [6.07, 6.45) is 2.28. The number of sulfone groups is 1. The van der Waals surface area contributed by atoms with Crippen molar-refractivity contribution in [3.05, 3.63) is 0 Å². The predicted molar refractivity (Wildman–Crippen MR) is 47.0 cm³/mol. The van der Waals surface area contributed by atoms with Gasteiger partial charge in [0.15, 0.2) is 0 Å². The summed E-state index contributed by atoms with van der Waals surface area (Å²) in [5.74, 6) is -1.24. The van der Waals surface area contributed by atoms with Crippen LogP contribution in [0.2, 0.25) is 0 Å². The van der Waals surface area contributed by atoms with Gasteiger partial charge in [-0.15, -0.1) is 0 Å². The van der Waals surface area contributed by atoms with Crippen LogP contribution in [0.4, 0.5) is 0 Å². The molecule has 0 amide bonds. The zero-order valence-electron chi connectivity index (χ0n) is 7.36. The van der Waals surface area contributed by atoms with Crippen molar-refractivity contribution in [2.24, 2.45) is 11.1 Å². The van der Waals surface area contributed by atoms with Crippen molar-refractivity contribution in [2.45, 2.75) is 18.9 Å². The van der Waals surface area contributed by atoms with Crippen molar-refractivity contribution in [3.8, 4) is 0 Å². The molecule has 5 nitrogen and oxygen atoms in total. The Morgan fingerprint density at radius 2 is 2.08 bits per heavy atom. The highest BCUT2D eigenvalue weighted by Gasteiger charge is 2.52. The monoisotopic (exact) mass is 207 g/mol. The summed E-state index contributed by atoms with van der Waals surface area (Å²) in [5.41, 5.74) is 4.70. The molecule has 6 heteroatoms. The molecule has 1 atom stereocenters. The van der Waals surface area contributed by atoms with E-state index in [2.05, 4.69) is 0 Å². The number of carboxylic acids is 1. The van der Waals surface area contributed by atoms with Crippen LogP contribution in [0.5, 0.6) is 0 Å². The van der Waals surface area contributed by atoms with E-state index in [9.17, 15) is 13.2 Å². The van der Waals surface area contributed by atoms with E-state index in [1.54, 1.807) is 0 Å². The van der Waals surface area contributed by atoms with E-state index in [1.807, 2.05) is 0 Å². The van der Waals surface area contributed by atoms with E-state index in [-0.39, 0.29) is 5.75 Å². The Morgan fingerprint density at radius 3 is 2.31 bits per heavy atom. The molecule has 1 saturated carbocycles. The molecule has 0 radical (unpaired) electrons. The molecule has 13 heavy (non-hydrogen) atoms. The Kier molecular flexibility index (Phi) is 2.38. The molecular formula is C7H13NO4S. The number of carbonyl (C=O) groups is 1. The van der Waals surface area contributed by atoms with E-state index in [1.165, 1.54) is 0 Å². The molecule has 1 aliphatic rings. The van der Waals surface area contributed by atoms with Gasteiger partial charge < -0.3 is 10.8 Å². The second-order valence-corrected chi connectivity index (χ2v) is 5.89. The maximum Gasteiger partial charge on any atom is 0.321 e. The van der Waals surface area contributed by atoms with Crippen molar-refractivity contribution >= 4 is 15.8 Å². The van der Waals surface area contributed by atoms with Crippen molar-refractivity contribution in [1.29, 1.82) is 0 Å². The van der Waals surface area contributed by atoms with Crippen molar-refractivity contribution in [1.82, 2.24) is 0 Å². The molecule has 1 fully saturated rings. The van der Waals surface area contributed by atoms with Gasteiger partial charge in [0.25, 0.3) is 0 Å². The Balaban J connectivity index is 2.73. The van der Waals surface area contributed by atoms with Gasteiger partial charge in [-0.05, 0) is 12.8 Å². The standard InChI is InChI=1S/C7H13NO4S/c1-13(11,12)4-7(2-3-7)5(8)6(9)10/h5H,2-4,8H2,1H3,(H,9,10). The maximum atomic E-state index is 11.0. The fourth-order valence-corrected chi connectivity index (χ4v) is 3.00. The second-order valence-electron chi connectivity index (χ2n) is 3.75. The minimum Gasteiger partial charge on any atom is -0.480 e. The van der Waals surface area contributed by atoms with Crippen LogP contribution in [-0.2, 0) is 14.6 Å². The van der Waals surface area contributed by atoms with Crippen LogP contribution in [-0.4, -0.2) is 37.5 Å². The lowest BCUT2D eigenvalue weighted by molar-refractivity contribution is -0.140. The molecule has 0 saturated heterocycles. The highest BCUT2D eigenvalue weighted by Crippen LogP contribution is 2.49. The molecule has 0 aromatic heterocycles. The molecule has 76 valence electrons. The maximum absolute atomic E-state index is 11.0. The smallest absolute Gasteiger partial charge is 0.321 e. The minimum atomic E-state index is -3.14.